The number of rotatable bonds is 5. The summed E-state index contributed by atoms with van der Waals surface area (Å²) in [7, 11) is 0. The summed E-state index contributed by atoms with van der Waals surface area (Å²) in [6, 6.07) is 0. The number of hydrogen-bond acceptors (Lipinski definition) is 3. The minimum atomic E-state index is -0.248. The number of hydrogen-bond donors (Lipinski definition) is 0. The first-order chi connectivity index (χ1) is 8.65. The fraction of sp³-hybridized carbons (Fsp3) is 0.714. The van der Waals surface area contributed by atoms with Crippen LogP contribution in [0.4, 0.5) is 0 Å². The number of aromatic nitrogens is 2. The van der Waals surface area contributed by atoms with Crippen molar-refractivity contribution >= 4 is 5.97 Å². The third kappa shape index (κ3) is 2.57. The lowest BCUT2D eigenvalue weighted by Crippen LogP contribution is -2.26. The Morgan fingerprint density at radius 1 is 1.50 bits per heavy atom. The van der Waals surface area contributed by atoms with E-state index in [1.165, 1.54) is 12.8 Å². The lowest BCUT2D eigenvalue weighted by Gasteiger charge is -2.32. The summed E-state index contributed by atoms with van der Waals surface area (Å²) >= 11 is 0. The Balaban J connectivity index is 2.09. The second-order valence-corrected chi connectivity index (χ2v) is 5.20. The number of esters is 1. The number of nitrogens with zero attached hydrogens (tertiary/aromatic N) is 2. The Kier molecular flexibility index (Phi) is 4.04. The van der Waals surface area contributed by atoms with E-state index in [-0.39, 0.29) is 5.97 Å². The molecule has 0 aromatic carbocycles. The van der Waals surface area contributed by atoms with E-state index in [1.807, 2.05) is 11.6 Å². The van der Waals surface area contributed by atoms with Gasteiger partial charge in [-0.2, -0.15) is 5.10 Å². The van der Waals surface area contributed by atoms with Gasteiger partial charge in [-0.1, -0.05) is 13.8 Å². The van der Waals surface area contributed by atoms with Gasteiger partial charge >= 0.3 is 5.97 Å². The summed E-state index contributed by atoms with van der Waals surface area (Å²) in [5.74, 6) is 1.32. The molecule has 18 heavy (non-hydrogen) atoms. The summed E-state index contributed by atoms with van der Waals surface area (Å²) in [5.41, 5.74) is 1.64. The van der Waals surface area contributed by atoms with Crippen LogP contribution in [0.1, 0.15) is 49.7 Å². The van der Waals surface area contributed by atoms with E-state index in [0.29, 0.717) is 12.2 Å². The molecular weight excluding hydrogens is 228 g/mol. The zero-order chi connectivity index (χ0) is 13.1. The van der Waals surface area contributed by atoms with Crippen molar-refractivity contribution in [2.24, 2.45) is 11.8 Å². The van der Waals surface area contributed by atoms with Crippen LogP contribution in [0.3, 0.4) is 0 Å². The van der Waals surface area contributed by atoms with Crippen LogP contribution in [-0.2, 0) is 17.7 Å². The van der Waals surface area contributed by atoms with Crippen molar-refractivity contribution in [3.05, 3.63) is 17.5 Å². The topological polar surface area (TPSA) is 44.1 Å². The maximum atomic E-state index is 11.8. The van der Waals surface area contributed by atoms with Crippen LogP contribution in [0.25, 0.3) is 0 Å². The van der Waals surface area contributed by atoms with Crippen molar-refractivity contribution in [3.8, 4) is 0 Å². The minimum absolute atomic E-state index is 0.248. The van der Waals surface area contributed by atoms with Crippen LogP contribution in [0, 0.1) is 11.8 Å². The summed E-state index contributed by atoms with van der Waals surface area (Å²) in [6.07, 6.45) is 5.02. The summed E-state index contributed by atoms with van der Waals surface area (Å²) in [5, 5.41) is 4.35. The highest BCUT2D eigenvalue weighted by molar-refractivity contribution is 5.90. The number of carbonyl (C=O) groups excluding carboxylic acids is 1. The van der Waals surface area contributed by atoms with Crippen molar-refractivity contribution in [2.45, 2.75) is 46.6 Å². The summed E-state index contributed by atoms with van der Waals surface area (Å²) < 4.78 is 7.04. The van der Waals surface area contributed by atoms with Crippen LogP contribution in [-0.4, -0.2) is 22.4 Å². The zero-order valence-electron chi connectivity index (χ0n) is 11.5. The van der Waals surface area contributed by atoms with Crippen molar-refractivity contribution in [1.82, 2.24) is 9.78 Å². The minimum Gasteiger partial charge on any atom is -0.462 e. The monoisotopic (exact) mass is 250 g/mol. The Morgan fingerprint density at radius 2 is 2.22 bits per heavy atom. The molecule has 0 bridgehead atoms. The van der Waals surface area contributed by atoms with Crippen molar-refractivity contribution in [1.29, 1.82) is 0 Å². The van der Waals surface area contributed by atoms with Gasteiger partial charge in [0.15, 0.2) is 0 Å². The van der Waals surface area contributed by atoms with Crippen LogP contribution in [0.5, 0.6) is 0 Å². The third-order valence-electron chi connectivity index (χ3n) is 3.68. The highest BCUT2D eigenvalue weighted by Crippen LogP contribution is 2.34. The maximum absolute atomic E-state index is 11.8. The maximum Gasteiger partial charge on any atom is 0.341 e. The molecule has 1 aromatic rings. The van der Waals surface area contributed by atoms with Crippen LogP contribution < -0.4 is 0 Å². The fourth-order valence-corrected chi connectivity index (χ4v) is 2.78. The molecule has 1 fully saturated rings. The Bertz CT molecular complexity index is 419. The summed E-state index contributed by atoms with van der Waals surface area (Å²) in [6.45, 7) is 7.51. The molecule has 0 radical (unpaired) electrons. The normalized spacial score (nSPS) is 22.6. The van der Waals surface area contributed by atoms with Gasteiger partial charge in [0, 0.05) is 6.54 Å². The van der Waals surface area contributed by atoms with Gasteiger partial charge in [-0.05, 0) is 38.0 Å². The lowest BCUT2D eigenvalue weighted by molar-refractivity contribution is 0.0524. The molecular formula is C14H22N2O2. The first-order valence-electron chi connectivity index (χ1n) is 6.87. The molecule has 0 unspecified atom stereocenters. The van der Waals surface area contributed by atoms with Crippen LogP contribution in [0.15, 0.2) is 6.20 Å². The van der Waals surface area contributed by atoms with Crippen molar-refractivity contribution in [3.63, 3.8) is 0 Å². The second-order valence-electron chi connectivity index (χ2n) is 5.20. The molecule has 0 aliphatic heterocycles. The highest BCUT2D eigenvalue weighted by Gasteiger charge is 2.27. The van der Waals surface area contributed by atoms with Crippen LogP contribution >= 0.6 is 0 Å². The van der Waals surface area contributed by atoms with E-state index in [2.05, 4.69) is 18.9 Å². The first kappa shape index (κ1) is 13.1. The van der Waals surface area contributed by atoms with Gasteiger partial charge in [-0.25, -0.2) is 4.79 Å². The average Bonchev–Trinajstić information content (AvgIpc) is 2.70. The molecule has 1 aliphatic carbocycles. The molecule has 1 heterocycles. The SMILES string of the molecule is CCOC(=O)c1cnn(CC2CC(C)C2)c1CC. The molecule has 1 aromatic heterocycles. The van der Waals surface area contributed by atoms with Gasteiger partial charge in [-0.3, -0.25) is 4.68 Å². The number of carbonyl (C=O) groups is 1. The van der Waals surface area contributed by atoms with E-state index >= 15 is 0 Å². The molecule has 1 saturated carbocycles. The van der Waals surface area contributed by atoms with Gasteiger partial charge in [-0.15, -0.1) is 0 Å². The molecule has 4 heteroatoms. The zero-order valence-corrected chi connectivity index (χ0v) is 11.5. The molecule has 100 valence electrons. The van der Waals surface area contributed by atoms with Gasteiger partial charge in [0.25, 0.3) is 0 Å². The van der Waals surface area contributed by atoms with Gasteiger partial charge in [0.1, 0.15) is 5.56 Å². The van der Waals surface area contributed by atoms with Gasteiger partial charge in [0.05, 0.1) is 18.5 Å². The molecule has 2 rings (SSSR count). The average molecular weight is 250 g/mol. The van der Waals surface area contributed by atoms with E-state index in [4.69, 9.17) is 4.74 Å². The molecule has 0 saturated heterocycles. The van der Waals surface area contributed by atoms with Crippen molar-refractivity contribution in [2.75, 3.05) is 6.61 Å². The molecule has 0 amide bonds. The first-order valence-corrected chi connectivity index (χ1v) is 6.87. The van der Waals surface area contributed by atoms with E-state index < -0.39 is 0 Å². The van der Waals surface area contributed by atoms with E-state index in [9.17, 15) is 4.79 Å². The standard InChI is InChI=1S/C14H22N2O2/c1-4-13-12(14(17)18-5-2)8-15-16(13)9-11-6-10(3)7-11/h8,10-11H,4-7,9H2,1-3H3. The molecule has 1 aliphatic rings. The molecule has 4 nitrogen and oxygen atoms in total. The Hall–Kier alpha value is -1.32. The van der Waals surface area contributed by atoms with Crippen LogP contribution in [0.2, 0.25) is 0 Å². The summed E-state index contributed by atoms with van der Waals surface area (Å²) in [4.78, 5) is 11.8. The molecule has 0 atom stereocenters. The third-order valence-corrected chi connectivity index (χ3v) is 3.68. The van der Waals surface area contributed by atoms with E-state index in [0.717, 1.165) is 30.5 Å². The predicted molar refractivity (Wildman–Crippen MR) is 69.4 cm³/mol. The second kappa shape index (κ2) is 5.55. The van der Waals surface area contributed by atoms with Crippen molar-refractivity contribution < 1.29 is 9.53 Å². The quantitative estimate of drug-likeness (QED) is 0.755. The number of ether oxygens (including phenoxy) is 1. The fourth-order valence-electron chi connectivity index (χ4n) is 2.78. The largest absolute Gasteiger partial charge is 0.462 e. The van der Waals surface area contributed by atoms with Gasteiger partial charge < -0.3 is 4.74 Å². The Labute approximate surface area is 108 Å². The van der Waals surface area contributed by atoms with E-state index in [1.54, 1.807) is 6.20 Å². The lowest BCUT2D eigenvalue weighted by atomic mass is 9.76. The smallest absolute Gasteiger partial charge is 0.341 e. The van der Waals surface area contributed by atoms with Gasteiger partial charge in [0.2, 0.25) is 0 Å². The Morgan fingerprint density at radius 3 is 2.78 bits per heavy atom. The highest BCUT2D eigenvalue weighted by atomic mass is 16.5. The predicted octanol–water partition coefficient (Wildman–Crippen LogP) is 2.67. The molecule has 0 spiro atoms. The molecule has 0 N–H and O–H groups in total.